The highest BCUT2D eigenvalue weighted by atomic mass is 32.2. The van der Waals surface area contributed by atoms with Gasteiger partial charge in [-0.2, -0.15) is 5.26 Å². The minimum Gasteiger partial charge on any atom is -0.296 e. The van der Waals surface area contributed by atoms with Crippen LogP contribution in [0.25, 0.3) is 0 Å². The third-order valence-corrected chi connectivity index (χ3v) is 5.42. The van der Waals surface area contributed by atoms with Crippen molar-refractivity contribution in [2.24, 2.45) is 5.92 Å². The third kappa shape index (κ3) is 3.56. The van der Waals surface area contributed by atoms with Gasteiger partial charge in [0.2, 0.25) is 0 Å². The number of hydrogen-bond donors (Lipinski definition) is 1. The number of nitrogens with one attached hydrogen (secondary N) is 1. The summed E-state index contributed by atoms with van der Waals surface area (Å²) >= 11 is 1.70. The topological polar surface area (TPSA) is 61.6 Å². The van der Waals surface area contributed by atoms with Crippen LogP contribution in [0.5, 0.6) is 0 Å². The molecule has 0 bridgehead atoms. The average Bonchev–Trinajstić information content (AvgIpc) is 3.21. The van der Waals surface area contributed by atoms with Crippen LogP contribution in [0, 0.1) is 24.2 Å². The molecule has 0 amide bonds. The van der Waals surface area contributed by atoms with Crippen molar-refractivity contribution in [1.82, 2.24) is 15.3 Å². The number of aryl methyl sites for hydroxylation is 1. The second-order valence-electron chi connectivity index (χ2n) is 6.27. The van der Waals surface area contributed by atoms with Gasteiger partial charge in [-0.1, -0.05) is 18.2 Å². The summed E-state index contributed by atoms with van der Waals surface area (Å²) in [4.78, 5) is 8.66. The van der Waals surface area contributed by atoms with Crippen molar-refractivity contribution in [1.29, 1.82) is 5.26 Å². The van der Waals surface area contributed by atoms with Crippen LogP contribution in [0.1, 0.15) is 44.1 Å². The van der Waals surface area contributed by atoms with E-state index >= 15 is 0 Å². The van der Waals surface area contributed by atoms with Crippen LogP contribution in [0.15, 0.2) is 17.6 Å². The Morgan fingerprint density at radius 3 is 2.81 bits per heavy atom. The zero-order valence-corrected chi connectivity index (χ0v) is 13.3. The highest BCUT2D eigenvalue weighted by Crippen LogP contribution is 2.40. The molecule has 2 aliphatic carbocycles. The van der Waals surface area contributed by atoms with E-state index in [1.807, 2.05) is 19.3 Å². The molecule has 1 aromatic heterocycles. The molecule has 21 heavy (non-hydrogen) atoms. The molecule has 2 unspecified atom stereocenters. The van der Waals surface area contributed by atoms with Crippen LogP contribution in [-0.4, -0.2) is 27.3 Å². The number of hydrogen-bond acceptors (Lipinski definition) is 5. The van der Waals surface area contributed by atoms with Gasteiger partial charge in [0, 0.05) is 24.2 Å². The molecule has 2 aliphatic rings. The van der Waals surface area contributed by atoms with Crippen LogP contribution in [0.3, 0.4) is 0 Å². The van der Waals surface area contributed by atoms with Gasteiger partial charge in [0.15, 0.2) is 5.16 Å². The molecule has 0 spiro atoms. The number of nitrogens with zero attached hydrogens (tertiary/aromatic N) is 3. The molecule has 0 saturated heterocycles. The molecule has 1 N–H and O–H groups in total. The van der Waals surface area contributed by atoms with Crippen molar-refractivity contribution in [2.45, 2.75) is 62.2 Å². The van der Waals surface area contributed by atoms with Crippen molar-refractivity contribution in [3.05, 3.63) is 18.0 Å². The van der Waals surface area contributed by atoms with Crippen molar-refractivity contribution in [2.75, 3.05) is 5.75 Å². The summed E-state index contributed by atoms with van der Waals surface area (Å²) in [6, 6.07) is 3.20. The molecule has 3 rings (SSSR count). The standard InChI is InChI=1S/C16H22N4S/c1-12-9-18-15(19-10-12)21-8-6-13-3-2-7-16(13,11-17)20-14-4-5-14/h9-10,13-14,20H,2-8H2,1H3. The van der Waals surface area contributed by atoms with Gasteiger partial charge in [-0.25, -0.2) is 9.97 Å². The van der Waals surface area contributed by atoms with Gasteiger partial charge < -0.3 is 0 Å². The molecular weight excluding hydrogens is 280 g/mol. The average molecular weight is 302 g/mol. The summed E-state index contributed by atoms with van der Waals surface area (Å²) in [7, 11) is 0. The van der Waals surface area contributed by atoms with Crippen LogP contribution in [-0.2, 0) is 0 Å². The van der Waals surface area contributed by atoms with Gasteiger partial charge in [0.05, 0.1) is 6.07 Å². The van der Waals surface area contributed by atoms with Crippen LogP contribution in [0.4, 0.5) is 0 Å². The van der Waals surface area contributed by atoms with Gasteiger partial charge in [-0.3, -0.25) is 5.32 Å². The van der Waals surface area contributed by atoms with Crippen LogP contribution in [0.2, 0.25) is 0 Å². The van der Waals surface area contributed by atoms with Crippen molar-refractivity contribution in [3.8, 4) is 6.07 Å². The lowest BCUT2D eigenvalue weighted by atomic mass is 9.86. The van der Waals surface area contributed by atoms with E-state index in [2.05, 4.69) is 21.4 Å². The first-order valence-electron chi connectivity index (χ1n) is 7.82. The maximum absolute atomic E-state index is 9.67. The lowest BCUT2D eigenvalue weighted by Crippen LogP contribution is -2.48. The quantitative estimate of drug-likeness (QED) is 0.646. The Kier molecular flexibility index (Phi) is 4.46. The van der Waals surface area contributed by atoms with Crippen molar-refractivity contribution < 1.29 is 0 Å². The summed E-state index contributed by atoms with van der Waals surface area (Å²) in [6.07, 6.45) is 10.6. The zero-order chi connectivity index (χ0) is 14.7. The summed E-state index contributed by atoms with van der Waals surface area (Å²) in [5, 5.41) is 14.1. The molecule has 5 heteroatoms. The predicted octanol–water partition coefficient (Wildman–Crippen LogP) is 3.08. The van der Waals surface area contributed by atoms with Gasteiger partial charge in [-0.15, -0.1) is 0 Å². The predicted molar refractivity (Wildman–Crippen MR) is 84.0 cm³/mol. The van der Waals surface area contributed by atoms with Gasteiger partial charge in [-0.05, 0) is 50.5 Å². The van der Waals surface area contributed by atoms with E-state index in [-0.39, 0.29) is 5.54 Å². The zero-order valence-electron chi connectivity index (χ0n) is 12.5. The normalized spacial score (nSPS) is 28.5. The molecule has 1 aromatic rings. The summed E-state index contributed by atoms with van der Waals surface area (Å²) < 4.78 is 0. The number of rotatable bonds is 6. The molecule has 0 radical (unpaired) electrons. The summed E-state index contributed by atoms with van der Waals surface area (Å²) in [6.45, 7) is 2.00. The third-order valence-electron chi connectivity index (χ3n) is 4.51. The van der Waals surface area contributed by atoms with Gasteiger partial charge in [0.1, 0.15) is 5.54 Å². The molecule has 112 valence electrons. The lowest BCUT2D eigenvalue weighted by molar-refractivity contribution is 0.308. The van der Waals surface area contributed by atoms with E-state index in [0.717, 1.165) is 29.3 Å². The Morgan fingerprint density at radius 2 is 2.14 bits per heavy atom. The number of aromatic nitrogens is 2. The molecule has 0 aromatic carbocycles. The van der Waals surface area contributed by atoms with Gasteiger partial charge >= 0.3 is 0 Å². The largest absolute Gasteiger partial charge is 0.296 e. The fraction of sp³-hybridized carbons (Fsp3) is 0.688. The van der Waals surface area contributed by atoms with Crippen LogP contribution < -0.4 is 5.32 Å². The lowest BCUT2D eigenvalue weighted by Gasteiger charge is -2.30. The highest BCUT2D eigenvalue weighted by Gasteiger charge is 2.45. The Bertz CT molecular complexity index is 520. The molecule has 0 aliphatic heterocycles. The van der Waals surface area contributed by atoms with E-state index in [9.17, 15) is 5.26 Å². The first-order valence-corrected chi connectivity index (χ1v) is 8.81. The van der Waals surface area contributed by atoms with Gasteiger partial charge in [0.25, 0.3) is 0 Å². The van der Waals surface area contributed by atoms with E-state index in [1.54, 1.807) is 11.8 Å². The second-order valence-corrected chi connectivity index (χ2v) is 7.33. The van der Waals surface area contributed by atoms with E-state index in [0.29, 0.717) is 12.0 Å². The minimum atomic E-state index is -0.268. The number of thioether (sulfide) groups is 1. The second kappa shape index (κ2) is 6.33. The van der Waals surface area contributed by atoms with E-state index in [1.165, 1.54) is 25.7 Å². The monoisotopic (exact) mass is 302 g/mol. The maximum atomic E-state index is 9.67. The fourth-order valence-corrected chi connectivity index (χ4v) is 4.02. The Labute approximate surface area is 130 Å². The number of nitriles is 1. The Morgan fingerprint density at radius 1 is 1.38 bits per heavy atom. The molecular formula is C16H22N4S. The minimum absolute atomic E-state index is 0.268. The maximum Gasteiger partial charge on any atom is 0.187 e. The molecule has 2 fully saturated rings. The highest BCUT2D eigenvalue weighted by molar-refractivity contribution is 7.99. The first kappa shape index (κ1) is 14.8. The Balaban J connectivity index is 1.53. The molecule has 4 nitrogen and oxygen atoms in total. The van der Waals surface area contributed by atoms with Crippen molar-refractivity contribution >= 4 is 11.8 Å². The van der Waals surface area contributed by atoms with Crippen molar-refractivity contribution in [3.63, 3.8) is 0 Å². The smallest absolute Gasteiger partial charge is 0.187 e. The van der Waals surface area contributed by atoms with E-state index < -0.39 is 0 Å². The molecule has 2 saturated carbocycles. The molecule has 2 atom stereocenters. The fourth-order valence-electron chi connectivity index (χ4n) is 3.18. The summed E-state index contributed by atoms with van der Waals surface area (Å²) in [5.41, 5.74) is 0.822. The van der Waals surface area contributed by atoms with Crippen LogP contribution >= 0.6 is 11.8 Å². The molecule has 1 heterocycles. The SMILES string of the molecule is Cc1cnc(SCCC2CCCC2(C#N)NC2CC2)nc1. The van der Waals surface area contributed by atoms with E-state index in [4.69, 9.17) is 0 Å². The summed E-state index contributed by atoms with van der Waals surface area (Å²) in [5.74, 6) is 1.46. The Hall–Kier alpha value is -1.12. The first-order chi connectivity index (χ1) is 10.2.